The van der Waals surface area contributed by atoms with E-state index in [2.05, 4.69) is 10.2 Å². The van der Waals surface area contributed by atoms with Crippen molar-refractivity contribution in [1.29, 1.82) is 0 Å². The molecule has 2 fully saturated rings. The van der Waals surface area contributed by atoms with Crippen LogP contribution < -0.4 is 5.32 Å². The van der Waals surface area contributed by atoms with Crippen molar-refractivity contribution in [2.75, 3.05) is 19.7 Å². The van der Waals surface area contributed by atoms with E-state index in [0.717, 1.165) is 45.2 Å². The van der Waals surface area contributed by atoms with E-state index in [9.17, 15) is 4.79 Å². The van der Waals surface area contributed by atoms with E-state index >= 15 is 0 Å². The highest BCUT2D eigenvalue weighted by Crippen LogP contribution is 2.38. The minimum Gasteiger partial charge on any atom is -0.394 e. The zero-order valence-corrected chi connectivity index (χ0v) is 10.0. The van der Waals surface area contributed by atoms with Crippen molar-refractivity contribution >= 4 is 5.91 Å². The van der Waals surface area contributed by atoms with Gasteiger partial charge in [0.25, 0.3) is 0 Å². The second kappa shape index (κ2) is 4.72. The van der Waals surface area contributed by atoms with Gasteiger partial charge in [-0.1, -0.05) is 6.92 Å². The van der Waals surface area contributed by atoms with Crippen LogP contribution in [0.15, 0.2) is 0 Å². The third-order valence-corrected chi connectivity index (χ3v) is 4.11. The summed E-state index contributed by atoms with van der Waals surface area (Å²) in [4.78, 5) is 14.6. The zero-order chi connectivity index (χ0) is 11.6. The van der Waals surface area contributed by atoms with Gasteiger partial charge in [0.15, 0.2) is 0 Å². The van der Waals surface area contributed by atoms with Crippen LogP contribution in [-0.2, 0) is 4.79 Å². The molecular weight excluding hydrogens is 204 g/mol. The quantitative estimate of drug-likeness (QED) is 0.734. The van der Waals surface area contributed by atoms with Crippen molar-refractivity contribution in [3.8, 4) is 0 Å². The van der Waals surface area contributed by atoms with Gasteiger partial charge in [-0.2, -0.15) is 0 Å². The van der Waals surface area contributed by atoms with Gasteiger partial charge in [-0.3, -0.25) is 9.69 Å². The number of rotatable bonds is 4. The van der Waals surface area contributed by atoms with Crippen molar-refractivity contribution in [3.63, 3.8) is 0 Å². The molecule has 0 radical (unpaired) electrons. The number of carbonyl (C=O) groups excluding carboxylic acids is 1. The Bertz CT molecular complexity index is 254. The van der Waals surface area contributed by atoms with Crippen LogP contribution in [0, 0.1) is 0 Å². The number of carbonyl (C=O) groups is 1. The Kier molecular flexibility index (Phi) is 3.50. The van der Waals surface area contributed by atoms with Crippen LogP contribution >= 0.6 is 0 Å². The van der Waals surface area contributed by atoms with Crippen LogP contribution in [0.25, 0.3) is 0 Å². The number of hydrogen-bond donors (Lipinski definition) is 2. The number of amides is 1. The first-order valence-electron chi connectivity index (χ1n) is 6.40. The second-order valence-electron chi connectivity index (χ2n) is 4.99. The molecule has 0 aromatic heterocycles. The third kappa shape index (κ3) is 1.84. The number of nitrogens with zero attached hydrogens (tertiary/aromatic N) is 1. The van der Waals surface area contributed by atoms with Gasteiger partial charge in [0.2, 0.25) is 5.91 Å². The minimum atomic E-state index is -0.234. The summed E-state index contributed by atoms with van der Waals surface area (Å²) in [7, 11) is 0. The summed E-state index contributed by atoms with van der Waals surface area (Å²) in [5.41, 5.74) is -0.234. The van der Waals surface area contributed by atoms with Crippen LogP contribution in [0.1, 0.15) is 39.0 Å². The third-order valence-electron chi connectivity index (χ3n) is 4.11. The van der Waals surface area contributed by atoms with E-state index in [1.807, 2.05) is 6.92 Å². The predicted octanol–water partition coefficient (Wildman–Crippen LogP) is 0.502. The molecular formula is C12H22N2O2. The first kappa shape index (κ1) is 11.9. The van der Waals surface area contributed by atoms with Crippen LogP contribution in [0.4, 0.5) is 0 Å². The standard InChI is InChI=1S/C12H22N2O2/c1-2-10(9-15)13-11(16)12-5-3-7-14(12)8-4-6-12/h10,15H,2-9H2,1H3,(H,13,16)/t10-/m0/s1. The van der Waals surface area contributed by atoms with Crippen molar-refractivity contribution < 1.29 is 9.90 Å². The summed E-state index contributed by atoms with van der Waals surface area (Å²) in [5.74, 6) is 0.142. The number of hydrogen-bond acceptors (Lipinski definition) is 3. The number of aliphatic hydroxyl groups is 1. The summed E-state index contributed by atoms with van der Waals surface area (Å²) in [5, 5.41) is 12.1. The first-order chi connectivity index (χ1) is 7.73. The van der Waals surface area contributed by atoms with E-state index in [0.29, 0.717) is 0 Å². The van der Waals surface area contributed by atoms with Crippen molar-refractivity contribution in [1.82, 2.24) is 10.2 Å². The van der Waals surface area contributed by atoms with Crippen LogP contribution in [0.3, 0.4) is 0 Å². The fourth-order valence-electron chi connectivity index (χ4n) is 3.07. The maximum absolute atomic E-state index is 12.3. The smallest absolute Gasteiger partial charge is 0.240 e. The van der Waals surface area contributed by atoms with Crippen molar-refractivity contribution in [2.24, 2.45) is 0 Å². The molecule has 92 valence electrons. The van der Waals surface area contributed by atoms with E-state index in [1.54, 1.807) is 0 Å². The molecule has 2 rings (SSSR count). The molecule has 2 saturated heterocycles. The molecule has 0 saturated carbocycles. The molecule has 0 aromatic rings. The zero-order valence-electron chi connectivity index (χ0n) is 10.0. The molecule has 4 nitrogen and oxygen atoms in total. The minimum absolute atomic E-state index is 0.0400. The topological polar surface area (TPSA) is 52.6 Å². The summed E-state index contributed by atoms with van der Waals surface area (Å²) in [6, 6.07) is -0.0788. The molecule has 2 aliphatic heterocycles. The fourth-order valence-corrected chi connectivity index (χ4v) is 3.07. The Morgan fingerprint density at radius 1 is 1.44 bits per heavy atom. The molecule has 16 heavy (non-hydrogen) atoms. The maximum atomic E-state index is 12.3. The van der Waals surface area contributed by atoms with E-state index in [4.69, 9.17) is 5.11 Å². The maximum Gasteiger partial charge on any atom is 0.240 e. The van der Waals surface area contributed by atoms with Gasteiger partial charge in [0.1, 0.15) is 5.54 Å². The molecule has 0 bridgehead atoms. The molecule has 2 heterocycles. The molecule has 0 aliphatic carbocycles. The lowest BCUT2D eigenvalue weighted by Gasteiger charge is -2.32. The molecule has 1 amide bonds. The Balaban J connectivity index is 2.03. The normalized spacial score (nSPS) is 25.4. The van der Waals surface area contributed by atoms with E-state index in [1.165, 1.54) is 0 Å². The van der Waals surface area contributed by atoms with E-state index in [-0.39, 0.29) is 24.1 Å². The summed E-state index contributed by atoms with van der Waals surface area (Å²) in [6.45, 7) is 4.14. The summed E-state index contributed by atoms with van der Waals surface area (Å²) < 4.78 is 0. The van der Waals surface area contributed by atoms with Crippen molar-refractivity contribution in [3.05, 3.63) is 0 Å². The van der Waals surface area contributed by atoms with Gasteiger partial charge in [0, 0.05) is 0 Å². The Hall–Kier alpha value is -0.610. The fraction of sp³-hybridized carbons (Fsp3) is 0.917. The number of aliphatic hydroxyl groups excluding tert-OH is 1. The largest absolute Gasteiger partial charge is 0.394 e. The Labute approximate surface area is 97.0 Å². The van der Waals surface area contributed by atoms with Gasteiger partial charge in [0.05, 0.1) is 12.6 Å². The van der Waals surface area contributed by atoms with Crippen LogP contribution in [-0.4, -0.2) is 47.2 Å². The summed E-state index contributed by atoms with van der Waals surface area (Å²) >= 11 is 0. The number of fused-ring (bicyclic) bond motifs is 1. The molecule has 4 heteroatoms. The highest BCUT2D eigenvalue weighted by molar-refractivity contribution is 5.87. The monoisotopic (exact) mass is 226 g/mol. The lowest BCUT2D eigenvalue weighted by atomic mass is 9.92. The Morgan fingerprint density at radius 2 is 2.06 bits per heavy atom. The average Bonchev–Trinajstić information content (AvgIpc) is 2.84. The number of nitrogens with one attached hydrogen (secondary N) is 1. The highest BCUT2D eigenvalue weighted by atomic mass is 16.3. The molecule has 2 aliphatic rings. The SMILES string of the molecule is CC[C@@H](CO)NC(=O)C12CCCN1CCC2. The molecule has 0 spiro atoms. The Morgan fingerprint density at radius 3 is 2.56 bits per heavy atom. The van der Waals surface area contributed by atoms with Gasteiger partial charge in [-0.05, 0) is 45.2 Å². The average molecular weight is 226 g/mol. The molecule has 2 N–H and O–H groups in total. The van der Waals surface area contributed by atoms with Gasteiger partial charge in [-0.15, -0.1) is 0 Å². The van der Waals surface area contributed by atoms with Crippen LogP contribution in [0.5, 0.6) is 0 Å². The van der Waals surface area contributed by atoms with E-state index < -0.39 is 0 Å². The molecule has 1 atom stereocenters. The second-order valence-corrected chi connectivity index (χ2v) is 4.99. The lowest BCUT2D eigenvalue weighted by Crippen LogP contribution is -2.54. The van der Waals surface area contributed by atoms with Gasteiger partial charge < -0.3 is 10.4 Å². The molecule has 0 unspecified atom stereocenters. The molecule has 0 aromatic carbocycles. The predicted molar refractivity (Wildman–Crippen MR) is 62.1 cm³/mol. The summed E-state index contributed by atoms with van der Waals surface area (Å²) in [6.07, 6.45) is 5.02. The van der Waals surface area contributed by atoms with Gasteiger partial charge in [-0.25, -0.2) is 0 Å². The highest BCUT2D eigenvalue weighted by Gasteiger charge is 2.50. The lowest BCUT2D eigenvalue weighted by molar-refractivity contribution is -0.131. The van der Waals surface area contributed by atoms with Gasteiger partial charge >= 0.3 is 0 Å². The van der Waals surface area contributed by atoms with Crippen molar-refractivity contribution in [2.45, 2.75) is 50.6 Å². The first-order valence-corrected chi connectivity index (χ1v) is 6.40. The van der Waals surface area contributed by atoms with Crippen LogP contribution in [0.2, 0.25) is 0 Å².